The number of anilines is 1. The van der Waals surface area contributed by atoms with Crippen LogP contribution in [0.5, 0.6) is 5.75 Å². The Morgan fingerprint density at radius 1 is 1.03 bits per heavy atom. The topological polar surface area (TPSA) is 87.7 Å². The number of piperidine rings is 1. The smallest absolute Gasteiger partial charge is 0.251 e. The number of nitrogens with one attached hydrogen (secondary N) is 2. The summed E-state index contributed by atoms with van der Waals surface area (Å²) in [4.78, 5) is 40.5. The first-order chi connectivity index (χ1) is 15.4. The van der Waals surface area contributed by atoms with Crippen LogP contribution in [0, 0.1) is 11.8 Å². The molecule has 0 spiro atoms. The standard InChI is InChI=1S/C25H31N3O4/c1-17(2)22(27-23(29)18-11-13-21(32-3)14-12-18)25(31)28-15-7-8-19(16-28)24(30)26-20-9-5-4-6-10-20/h4-6,9-14,17,19,22H,7-8,15-16H2,1-3H3,(H,26,30)(H,27,29)/t19-,22-/m1/s1. The van der Waals surface area contributed by atoms with E-state index in [4.69, 9.17) is 4.74 Å². The van der Waals surface area contributed by atoms with Crippen LogP contribution in [0.2, 0.25) is 0 Å². The van der Waals surface area contributed by atoms with Gasteiger partial charge in [0.1, 0.15) is 11.8 Å². The first-order valence-electron chi connectivity index (χ1n) is 11.0. The van der Waals surface area contributed by atoms with Gasteiger partial charge in [-0.2, -0.15) is 0 Å². The van der Waals surface area contributed by atoms with Crippen molar-refractivity contribution in [1.82, 2.24) is 10.2 Å². The molecule has 2 N–H and O–H groups in total. The first kappa shape index (κ1) is 23.3. The number of ether oxygens (including phenoxy) is 1. The predicted octanol–water partition coefficient (Wildman–Crippen LogP) is 3.33. The van der Waals surface area contributed by atoms with E-state index in [2.05, 4.69) is 10.6 Å². The largest absolute Gasteiger partial charge is 0.497 e. The first-order valence-corrected chi connectivity index (χ1v) is 11.0. The average molecular weight is 438 g/mol. The van der Waals surface area contributed by atoms with Gasteiger partial charge in [-0.3, -0.25) is 14.4 Å². The molecule has 0 unspecified atom stereocenters. The molecule has 0 bridgehead atoms. The van der Waals surface area contributed by atoms with Crippen LogP contribution >= 0.6 is 0 Å². The van der Waals surface area contributed by atoms with Crippen LogP contribution in [0.1, 0.15) is 37.0 Å². The van der Waals surface area contributed by atoms with Gasteiger partial charge in [-0.1, -0.05) is 32.0 Å². The maximum Gasteiger partial charge on any atom is 0.251 e. The number of rotatable bonds is 7. The molecule has 3 amide bonds. The molecule has 170 valence electrons. The highest BCUT2D eigenvalue weighted by Crippen LogP contribution is 2.21. The average Bonchev–Trinajstić information content (AvgIpc) is 2.82. The summed E-state index contributed by atoms with van der Waals surface area (Å²) in [6.45, 7) is 4.73. The molecule has 0 radical (unpaired) electrons. The molecule has 2 aromatic rings. The Morgan fingerprint density at radius 3 is 2.34 bits per heavy atom. The van der Waals surface area contributed by atoms with Gasteiger partial charge in [0, 0.05) is 24.3 Å². The predicted molar refractivity (Wildman–Crippen MR) is 123 cm³/mol. The molecular formula is C25H31N3O4. The van der Waals surface area contributed by atoms with Gasteiger partial charge in [-0.25, -0.2) is 0 Å². The fourth-order valence-corrected chi connectivity index (χ4v) is 3.83. The maximum atomic E-state index is 13.3. The highest BCUT2D eigenvalue weighted by molar-refractivity contribution is 5.98. The highest BCUT2D eigenvalue weighted by atomic mass is 16.5. The van der Waals surface area contributed by atoms with Crippen LogP contribution in [0.3, 0.4) is 0 Å². The van der Waals surface area contributed by atoms with Crippen molar-refractivity contribution < 1.29 is 19.1 Å². The van der Waals surface area contributed by atoms with Gasteiger partial charge in [-0.05, 0) is 55.2 Å². The molecule has 1 saturated heterocycles. The van der Waals surface area contributed by atoms with Gasteiger partial charge < -0.3 is 20.3 Å². The number of carbonyl (C=O) groups excluding carboxylic acids is 3. The molecule has 7 nitrogen and oxygen atoms in total. The van der Waals surface area contributed by atoms with Crippen molar-refractivity contribution in [1.29, 1.82) is 0 Å². The third kappa shape index (κ3) is 5.87. The third-order valence-corrected chi connectivity index (χ3v) is 5.72. The molecule has 1 fully saturated rings. The second kappa shape index (κ2) is 10.8. The maximum absolute atomic E-state index is 13.3. The molecule has 32 heavy (non-hydrogen) atoms. The molecule has 3 rings (SSSR count). The Kier molecular flexibility index (Phi) is 7.87. The summed E-state index contributed by atoms with van der Waals surface area (Å²) >= 11 is 0. The second-order valence-corrected chi connectivity index (χ2v) is 8.40. The Hall–Kier alpha value is -3.35. The van der Waals surface area contributed by atoms with Crippen LogP contribution in [-0.2, 0) is 9.59 Å². The van der Waals surface area contributed by atoms with E-state index in [0.29, 0.717) is 24.4 Å². The summed E-state index contributed by atoms with van der Waals surface area (Å²) in [7, 11) is 1.56. The quantitative estimate of drug-likeness (QED) is 0.696. The van der Waals surface area contributed by atoms with Crippen LogP contribution in [-0.4, -0.2) is 48.9 Å². The lowest BCUT2D eigenvalue weighted by Gasteiger charge is -2.35. The molecule has 7 heteroatoms. The van der Waals surface area contributed by atoms with Crippen LogP contribution in [0.25, 0.3) is 0 Å². The van der Waals surface area contributed by atoms with Crippen molar-refractivity contribution in [2.75, 3.05) is 25.5 Å². The monoisotopic (exact) mass is 437 g/mol. The van der Waals surface area contributed by atoms with E-state index in [0.717, 1.165) is 18.5 Å². The number of likely N-dealkylation sites (tertiary alicyclic amines) is 1. The number of para-hydroxylation sites is 1. The van der Waals surface area contributed by atoms with Gasteiger partial charge >= 0.3 is 0 Å². The molecule has 1 aliphatic heterocycles. The van der Waals surface area contributed by atoms with E-state index >= 15 is 0 Å². The summed E-state index contributed by atoms with van der Waals surface area (Å²) < 4.78 is 5.13. The van der Waals surface area contributed by atoms with E-state index < -0.39 is 6.04 Å². The second-order valence-electron chi connectivity index (χ2n) is 8.40. The van der Waals surface area contributed by atoms with Crippen LogP contribution in [0.4, 0.5) is 5.69 Å². The van der Waals surface area contributed by atoms with Crippen molar-refractivity contribution in [3.8, 4) is 5.75 Å². The summed E-state index contributed by atoms with van der Waals surface area (Å²) in [5.74, 6) is -0.265. The van der Waals surface area contributed by atoms with Gasteiger partial charge in [0.25, 0.3) is 5.91 Å². The van der Waals surface area contributed by atoms with Gasteiger partial charge in [0.15, 0.2) is 0 Å². The fourth-order valence-electron chi connectivity index (χ4n) is 3.83. The summed E-state index contributed by atoms with van der Waals surface area (Å²) in [6.07, 6.45) is 1.48. The summed E-state index contributed by atoms with van der Waals surface area (Å²) in [5, 5.41) is 5.81. The third-order valence-electron chi connectivity index (χ3n) is 5.72. The molecule has 0 saturated carbocycles. The Morgan fingerprint density at radius 2 is 1.72 bits per heavy atom. The SMILES string of the molecule is COc1ccc(C(=O)N[C@@H](C(=O)N2CCC[C@@H](C(=O)Nc3ccccc3)C2)C(C)C)cc1. The van der Waals surface area contributed by atoms with Crippen molar-refractivity contribution in [3.05, 3.63) is 60.2 Å². The summed E-state index contributed by atoms with van der Waals surface area (Å²) in [5.41, 5.74) is 1.20. The van der Waals surface area contributed by atoms with E-state index in [-0.39, 0.29) is 29.6 Å². The number of hydrogen-bond acceptors (Lipinski definition) is 4. The van der Waals surface area contributed by atoms with Crippen molar-refractivity contribution in [3.63, 3.8) is 0 Å². The minimum atomic E-state index is -0.666. The number of amides is 3. The lowest BCUT2D eigenvalue weighted by molar-refractivity contribution is -0.137. The minimum Gasteiger partial charge on any atom is -0.497 e. The zero-order valence-electron chi connectivity index (χ0n) is 18.8. The van der Waals surface area contributed by atoms with Crippen LogP contribution in [0.15, 0.2) is 54.6 Å². The number of methoxy groups -OCH3 is 1. The molecular weight excluding hydrogens is 406 g/mol. The molecule has 2 atom stereocenters. The zero-order valence-corrected chi connectivity index (χ0v) is 18.8. The molecule has 1 heterocycles. The number of carbonyl (C=O) groups is 3. The molecule has 2 aromatic carbocycles. The molecule has 0 aromatic heterocycles. The molecule has 0 aliphatic carbocycles. The Balaban J connectivity index is 1.64. The van der Waals surface area contributed by atoms with Gasteiger partial charge in [-0.15, -0.1) is 0 Å². The van der Waals surface area contributed by atoms with E-state index in [1.165, 1.54) is 0 Å². The number of hydrogen-bond donors (Lipinski definition) is 2. The highest BCUT2D eigenvalue weighted by Gasteiger charge is 2.34. The fraction of sp³-hybridized carbons (Fsp3) is 0.400. The Labute approximate surface area is 189 Å². The van der Waals surface area contributed by atoms with E-state index in [1.54, 1.807) is 36.3 Å². The van der Waals surface area contributed by atoms with Gasteiger partial charge in [0.05, 0.1) is 13.0 Å². The van der Waals surface area contributed by atoms with Crippen molar-refractivity contribution in [2.24, 2.45) is 11.8 Å². The van der Waals surface area contributed by atoms with E-state index in [9.17, 15) is 14.4 Å². The lowest BCUT2D eigenvalue weighted by atomic mass is 9.94. The van der Waals surface area contributed by atoms with Crippen molar-refractivity contribution in [2.45, 2.75) is 32.7 Å². The zero-order chi connectivity index (χ0) is 23.1. The number of nitrogens with zero attached hydrogens (tertiary/aromatic N) is 1. The summed E-state index contributed by atoms with van der Waals surface area (Å²) in [6, 6.07) is 15.4. The van der Waals surface area contributed by atoms with Crippen LogP contribution < -0.4 is 15.4 Å². The van der Waals surface area contributed by atoms with E-state index in [1.807, 2.05) is 44.2 Å². The van der Waals surface area contributed by atoms with Gasteiger partial charge in [0.2, 0.25) is 11.8 Å². The normalized spacial score (nSPS) is 16.9. The Bertz CT molecular complexity index is 928. The number of benzene rings is 2. The van der Waals surface area contributed by atoms with Crippen molar-refractivity contribution >= 4 is 23.4 Å². The molecule has 1 aliphatic rings. The minimum absolute atomic E-state index is 0.0861. The lowest BCUT2D eigenvalue weighted by Crippen LogP contribution is -2.54.